The van der Waals surface area contributed by atoms with E-state index in [0.717, 1.165) is 19.3 Å². The van der Waals surface area contributed by atoms with Gasteiger partial charge in [-0.25, -0.2) is 0 Å². The molecule has 94 valence electrons. The third kappa shape index (κ3) is 3.19. The second-order valence-electron chi connectivity index (χ2n) is 5.44. The van der Waals surface area contributed by atoms with Crippen LogP contribution in [-0.2, 0) is 4.79 Å². The van der Waals surface area contributed by atoms with Crippen molar-refractivity contribution in [1.29, 1.82) is 0 Å². The van der Waals surface area contributed by atoms with Crippen molar-refractivity contribution in [3.05, 3.63) is 0 Å². The Labute approximate surface area is 97.0 Å². The average Bonchev–Trinajstić information content (AvgIpc) is 2.98. The first-order valence-corrected chi connectivity index (χ1v) is 6.02. The van der Waals surface area contributed by atoms with E-state index in [-0.39, 0.29) is 18.6 Å². The van der Waals surface area contributed by atoms with Gasteiger partial charge in [-0.2, -0.15) is 0 Å². The van der Waals surface area contributed by atoms with Gasteiger partial charge in [-0.15, -0.1) is 0 Å². The van der Waals surface area contributed by atoms with Crippen molar-refractivity contribution in [2.45, 2.75) is 51.6 Å². The van der Waals surface area contributed by atoms with Gasteiger partial charge in [0.15, 0.2) is 0 Å². The van der Waals surface area contributed by atoms with Crippen molar-refractivity contribution in [2.24, 2.45) is 11.8 Å². The molecule has 1 saturated carbocycles. The third-order valence-corrected chi connectivity index (χ3v) is 3.32. The van der Waals surface area contributed by atoms with Gasteiger partial charge in [-0.05, 0) is 38.0 Å². The van der Waals surface area contributed by atoms with Crippen molar-refractivity contribution >= 4 is 5.97 Å². The molecule has 1 aliphatic rings. The van der Waals surface area contributed by atoms with Gasteiger partial charge in [-0.1, -0.05) is 13.8 Å². The lowest BCUT2D eigenvalue weighted by atomic mass is 9.93. The Morgan fingerprint density at radius 3 is 2.38 bits per heavy atom. The molecule has 4 nitrogen and oxygen atoms in total. The molecule has 16 heavy (non-hydrogen) atoms. The maximum atomic E-state index is 11.3. The number of aliphatic carboxylic acids is 1. The quantitative estimate of drug-likeness (QED) is 0.614. The Balaban J connectivity index is 2.62. The van der Waals surface area contributed by atoms with Gasteiger partial charge >= 0.3 is 5.97 Å². The van der Waals surface area contributed by atoms with Gasteiger partial charge in [0.05, 0.1) is 6.61 Å². The van der Waals surface area contributed by atoms with Crippen molar-refractivity contribution in [3.8, 4) is 0 Å². The molecule has 1 fully saturated rings. The lowest BCUT2D eigenvalue weighted by Crippen LogP contribution is -2.56. The normalized spacial score (nSPS) is 21.8. The number of rotatable bonds is 7. The Morgan fingerprint density at radius 1 is 1.50 bits per heavy atom. The van der Waals surface area contributed by atoms with E-state index < -0.39 is 11.5 Å². The molecule has 0 aromatic carbocycles. The largest absolute Gasteiger partial charge is 0.480 e. The molecule has 0 heterocycles. The second kappa shape index (κ2) is 5.15. The smallest absolute Gasteiger partial charge is 0.323 e. The zero-order valence-corrected chi connectivity index (χ0v) is 10.4. The minimum Gasteiger partial charge on any atom is -0.480 e. The van der Waals surface area contributed by atoms with Crippen LogP contribution in [0.15, 0.2) is 0 Å². The van der Waals surface area contributed by atoms with Crippen molar-refractivity contribution < 1.29 is 15.0 Å². The number of carboxylic acids is 1. The summed E-state index contributed by atoms with van der Waals surface area (Å²) in [7, 11) is 0. The van der Waals surface area contributed by atoms with Gasteiger partial charge < -0.3 is 10.2 Å². The highest BCUT2D eigenvalue weighted by molar-refractivity contribution is 5.79. The molecular formula is C12H23NO3. The van der Waals surface area contributed by atoms with E-state index >= 15 is 0 Å². The fourth-order valence-corrected chi connectivity index (χ4v) is 2.19. The summed E-state index contributed by atoms with van der Waals surface area (Å²) in [6.45, 7) is 5.86. The van der Waals surface area contributed by atoms with Crippen LogP contribution in [0.1, 0.15) is 40.0 Å². The highest BCUT2D eigenvalue weighted by Crippen LogP contribution is 2.40. The summed E-state index contributed by atoms with van der Waals surface area (Å²) < 4.78 is 0. The molecule has 1 rings (SSSR count). The average molecular weight is 229 g/mol. The first-order valence-electron chi connectivity index (χ1n) is 6.02. The van der Waals surface area contributed by atoms with E-state index in [1.807, 2.05) is 0 Å². The van der Waals surface area contributed by atoms with Crippen LogP contribution < -0.4 is 5.32 Å². The number of hydrogen-bond acceptors (Lipinski definition) is 3. The van der Waals surface area contributed by atoms with E-state index in [4.69, 9.17) is 0 Å². The van der Waals surface area contributed by atoms with Gasteiger partial charge in [0.25, 0.3) is 0 Å². The molecule has 1 aliphatic carbocycles. The molecule has 2 atom stereocenters. The summed E-state index contributed by atoms with van der Waals surface area (Å²) in [4.78, 5) is 11.3. The summed E-state index contributed by atoms with van der Waals surface area (Å²) >= 11 is 0. The van der Waals surface area contributed by atoms with Crippen LogP contribution >= 0.6 is 0 Å². The summed E-state index contributed by atoms with van der Waals surface area (Å²) in [6.07, 6.45) is 2.73. The first-order chi connectivity index (χ1) is 7.40. The number of carboxylic acid groups (broad SMARTS) is 1. The van der Waals surface area contributed by atoms with Crippen LogP contribution in [0.4, 0.5) is 0 Å². The molecule has 3 N–H and O–H groups in total. The number of nitrogens with one attached hydrogen (secondary N) is 1. The molecule has 0 bridgehead atoms. The van der Waals surface area contributed by atoms with Crippen molar-refractivity contribution in [3.63, 3.8) is 0 Å². The third-order valence-electron chi connectivity index (χ3n) is 3.32. The molecule has 2 unspecified atom stereocenters. The van der Waals surface area contributed by atoms with Crippen LogP contribution in [0.2, 0.25) is 0 Å². The summed E-state index contributed by atoms with van der Waals surface area (Å²) in [5, 5.41) is 21.7. The van der Waals surface area contributed by atoms with Crippen LogP contribution in [0, 0.1) is 11.8 Å². The van der Waals surface area contributed by atoms with E-state index in [1.165, 1.54) is 0 Å². The predicted octanol–water partition coefficient (Wildman–Crippen LogP) is 1.24. The number of carbonyl (C=O) groups is 1. The molecule has 4 heteroatoms. The van der Waals surface area contributed by atoms with E-state index in [0.29, 0.717) is 5.92 Å². The van der Waals surface area contributed by atoms with Crippen LogP contribution in [0.25, 0.3) is 0 Å². The second-order valence-corrected chi connectivity index (χ2v) is 5.44. The van der Waals surface area contributed by atoms with Gasteiger partial charge in [0, 0.05) is 6.04 Å². The lowest BCUT2D eigenvalue weighted by molar-refractivity contribution is -0.145. The molecule has 0 amide bonds. The van der Waals surface area contributed by atoms with Gasteiger partial charge in [-0.3, -0.25) is 10.1 Å². The number of hydrogen-bond donors (Lipinski definition) is 3. The fourth-order valence-electron chi connectivity index (χ4n) is 2.19. The van der Waals surface area contributed by atoms with E-state index in [9.17, 15) is 15.0 Å². The maximum Gasteiger partial charge on any atom is 0.323 e. The lowest BCUT2D eigenvalue weighted by Gasteiger charge is -2.31. The Kier molecular flexibility index (Phi) is 4.33. The van der Waals surface area contributed by atoms with Gasteiger partial charge in [0.2, 0.25) is 0 Å². The fraction of sp³-hybridized carbons (Fsp3) is 0.917. The summed E-state index contributed by atoms with van der Waals surface area (Å²) in [5.74, 6) is -0.148. The van der Waals surface area contributed by atoms with Crippen molar-refractivity contribution in [2.75, 3.05) is 6.61 Å². The minimum absolute atomic E-state index is 0.00618. The van der Waals surface area contributed by atoms with E-state index in [2.05, 4.69) is 19.2 Å². The minimum atomic E-state index is -0.873. The molecule has 0 aromatic rings. The zero-order valence-electron chi connectivity index (χ0n) is 10.4. The predicted molar refractivity (Wildman–Crippen MR) is 62.2 cm³/mol. The highest BCUT2D eigenvalue weighted by Gasteiger charge is 2.48. The topological polar surface area (TPSA) is 69.6 Å². The summed E-state index contributed by atoms with van der Waals surface area (Å²) in [6, 6.07) is -0.123. The summed E-state index contributed by atoms with van der Waals surface area (Å²) in [5.41, 5.74) is -0.873. The van der Waals surface area contributed by atoms with Crippen molar-refractivity contribution in [1.82, 2.24) is 5.32 Å². The van der Waals surface area contributed by atoms with Crippen LogP contribution in [0.3, 0.4) is 0 Å². The molecule has 0 aromatic heterocycles. The monoisotopic (exact) mass is 229 g/mol. The molecule has 0 saturated heterocycles. The molecular weight excluding hydrogens is 206 g/mol. The zero-order chi connectivity index (χ0) is 12.3. The first kappa shape index (κ1) is 13.5. The Morgan fingerprint density at radius 2 is 2.06 bits per heavy atom. The Bertz CT molecular complexity index is 251. The van der Waals surface area contributed by atoms with E-state index in [1.54, 1.807) is 6.92 Å². The standard InChI is InChI=1S/C12H23NO3/c1-8(2)6-10(7-14)13-12(3,11(15)16)9-4-5-9/h8-10,13-14H,4-7H2,1-3H3,(H,15,16). The molecule has 0 radical (unpaired) electrons. The molecule has 0 aliphatic heterocycles. The van der Waals surface area contributed by atoms with Crippen LogP contribution in [-0.4, -0.2) is 34.4 Å². The maximum absolute atomic E-state index is 11.3. The van der Waals surface area contributed by atoms with Crippen LogP contribution in [0.5, 0.6) is 0 Å². The SMILES string of the molecule is CC(C)CC(CO)NC(C)(C(=O)O)C1CC1. The molecule has 0 spiro atoms. The van der Waals surface area contributed by atoms with Gasteiger partial charge in [0.1, 0.15) is 5.54 Å². The highest BCUT2D eigenvalue weighted by atomic mass is 16.4. The Hall–Kier alpha value is -0.610. The number of aliphatic hydroxyl groups is 1. The number of aliphatic hydroxyl groups excluding tert-OH is 1.